The summed E-state index contributed by atoms with van der Waals surface area (Å²) in [5.74, 6) is 0. The predicted molar refractivity (Wildman–Crippen MR) is 65.3 cm³/mol. The molecule has 0 aliphatic rings. The van der Waals surface area contributed by atoms with E-state index in [-0.39, 0.29) is 0 Å². The van der Waals surface area contributed by atoms with Crippen molar-refractivity contribution in [3.8, 4) is 11.8 Å². The Balaban J connectivity index is 2.38. The largest absolute Gasteiger partial charge is 0.240 e. The summed E-state index contributed by atoms with van der Waals surface area (Å²) in [5.41, 5.74) is 2.88. The summed E-state index contributed by atoms with van der Waals surface area (Å²) in [6.45, 7) is 1.92. The average molecular weight is 276 g/mol. The lowest BCUT2D eigenvalue weighted by molar-refractivity contribution is 0.862. The molecular weight excluding hydrogens is 266 g/mol. The van der Waals surface area contributed by atoms with Gasteiger partial charge < -0.3 is 0 Å². The second-order valence-electron chi connectivity index (χ2n) is 3.50. The zero-order chi connectivity index (χ0) is 11.5. The number of hydrogen-bond acceptors (Lipinski definition) is 2. The van der Waals surface area contributed by atoms with Crippen LogP contribution in [-0.2, 0) is 6.42 Å². The van der Waals surface area contributed by atoms with Crippen LogP contribution in [0.5, 0.6) is 0 Å². The Morgan fingerprint density at radius 2 is 2.06 bits per heavy atom. The molecule has 4 heteroatoms. The van der Waals surface area contributed by atoms with Crippen molar-refractivity contribution in [3.63, 3.8) is 0 Å². The SMILES string of the molecule is Cc1nn(-c2ccc(Br)cc2)cc1CC#N. The standard InChI is InChI=1S/C12H10BrN3/c1-9-10(6-7-14)8-16(15-9)12-4-2-11(13)3-5-12/h2-5,8H,6H2,1H3. The van der Waals surface area contributed by atoms with Gasteiger partial charge in [-0.25, -0.2) is 4.68 Å². The molecule has 1 aromatic carbocycles. The summed E-state index contributed by atoms with van der Waals surface area (Å²) < 4.78 is 2.84. The highest BCUT2D eigenvalue weighted by molar-refractivity contribution is 9.10. The van der Waals surface area contributed by atoms with Gasteiger partial charge in [-0.1, -0.05) is 15.9 Å². The van der Waals surface area contributed by atoms with Gasteiger partial charge in [-0.05, 0) is 31.2 Å². The Kier molecular flexibility index (Phi) is 3.07. The van der Waals surface area contributed by atoms with Gasteiger partial charge in [0, 0.05) is 16.2 Å². The van der Waals surface area contributed by atoms with Crippen molar-refractivity contribution < 1.29 is 0 Å². The maximum absolute atomic E-state index is 8.67. The third-order valence-corrected chi connectivity index (χ3v) is 2.89. The molecule has 3 nitrogen and oxygen atoms in total. The summed E-state index contributed by atoms with van der Waals surface area (Å²) in [5, 5.41) is 13.0. The third-order valence-electron chi connectivity index (χ3n) is 2.36. The summed E-state index contributed by atoms with van der Waals surface area (Å²) in [4.78, 5) is 0. The number of benzene rings is 1. The smallest absolute Gasteiger partial charge is 0.0671 e. The maximum atomic E-state index is 8.67. The molecule has 2 aromatic rings. The van der Waals surface area contributed by atoms with Crippen LogP contribution in [0.4, 0.5) is 0 Å². The van der Waals surface area contributed by atoms with Gasteiger partial charge in [0.2, 0.25) is 0 Å². The van der Waals surface area contributed by atoms with Crippen LogP contribution < -0.4 is 0 Å². The van der Waals surface area contributed by atoms with Gasteiger partial charge in [-0.2, -0.15) is 10.4 Å². The molecule has 0 fully saturated rings. The Morgan fingerprint density at radius 1 is 1.38 bits per heavy atom. The summed E-state index contributed by atoms with van der Waals surface area (Å²) >= 11 is 3.39. The topological polar surface area (TPSA) is 41.6 Å². The molecule has 1 aromatic heterocycles. The van der Waals surface area contributed by atoms with Crippen molar-refractivity contribution >= 4 is 15.9 Å². The van der Waals surface area contributed by atoms with Crippen LogP contribution in [0.1, 0.15) is 11.3 Å². The first-order valence-electron chi connectivity index (χ1n) is 4.89. The Bertz CT molecular complexity index is 534. The van der Waals surface area contributed by atoms with Gasteiger partial charge in [-0.3, -0.25) is 0 Å². The van der Waals surface area contributed by atoms with Crippen LogP contribution in [0.25, 0.3) is 5.69 Å². The highest BCUT2D eigenvalue weighted by atomic mass is 79.9. The van der Waals surface area contributed by atoms with Crippen molar-refractivity contribution in [1.29, 1.82) is 5.26 Å². The van der Waals surface area contributed by atoms with Gasteiger partial charge in [0.15, 0.2) is 0 Å². The number of hydrogen-bond donors (Lipinski definition) is 0. The Hall–Kier alpha value is -1.60. The normalized spacial score (nSPS) is 10.1. The first kappa shape index (κ1) is 10.9. The second kappa shape index (κ2) is 4.50. The molecule has 2 rings (SSSR count). The number of nitriles is 1. The molecule has 0 saturated heterocycles. The van der Waals surface area contributed by atoms with Crippen LogP contribution >= 0.6 is 15.9 Å². The number of aromatic nitrogens is 2. The van der Waals surface area contributed by atoms with Gasteiger partial charge >= 0.3 is 0 Å². The zero-order valence-electron chi connectivity index (χ0n) is 8.81. The monoisotopic (exact) mass is 275 g/mol. The molecule has 0 spiro atoms. The van der Waals surface area contributed by atoms with E-state index in [0.29, 0.717) is 6.42 Å². The van der Waals surface area contributed by atoms with E-state index < -0.39 is 0 Å². The quantitative estimate of drug-likeness (QED) is 0.846. The first-order chi connectivity index (χ1) is 7.70. The Labute approximate surface area is 102 Å². The van der Waals surface area contributed by atoms with Gasteiger partial charge in [0.1, 0.15) is 0 Å². The lowest BCUT2D eigenvalue weighted by Crippen LogP contribution is -1.93. The Morgan fingerprint density at radius 3 is 2.69 bits per heavy atom. The highest BCUT2D eigenvalue weighted by Gasteiger charge is 2.05. The fourth-order valence-corrected chi connectivity index (χ4v) is 1.74. The lowest BCUT2D eigenvalue weighted by atomic mass is 10.2. The van der Waals surface area contributed by atoms with Crippen LogP contribution in [0.2, 0.25) is 0 Å². The van der Waals surface area contributed by atoms with E-state index in [1.54, 1.807) is 4.68 Å². The molecule has 0 atom stereocenters. The van der Waals surface area contributed by atoms with E-state index in [2.05, 4.69) is 27.1 Å². The average Bonchev–Trinajstić information content (AvgIpc) is 2.62. The maximum Gasteiger partial charge on any atom is 0.0671 e. The number of rotatable bonds is 2. The van der Waals surface area contributed by atoms with E-state index in [9.17, 15) is 0 Å². The van der Waals surface area contributed by atoms with Crippen LogP contribution in [0.3, 0.4) is 0 Å². The van der Waals surface area contributed by atoms with Crippen molar-refractivity contribution in [3.05, 3.63) is 46.2 Å². The molecule has 1 heterocycles. The van der Waals surface area contributed by atoms with Gasteiger partial charge in [-0.15, -0.1) is 0 Å². The molecule has 0 aliphatic carbocycles. The van der Waals surface area contributed by atoms with E-state index in [4.69, 9.17) is 5.26 Å². The minimum Gasteiger partial charge on any atom is -0.240 e. The fourth-order valence-electron chi connectivity index (χ4n) is 1.48. The third kappa shape index (κ3) is 2.15. The van der Waals surface area contributed by atoms with Crippen molar-refractivity contribution in [1.82, 2.24) is 9.78 Å². The highest BCUT2D eigenvalue weighted by Crippen LogP contribution is 2.15. The summed E-state index contributed by atoms with van der Waals surface area (Å²) in [6.07, 6.45) is 2.31. The van der Waals surface area contributed by atoms with Crippen molar-refractivity contribution in [2.24, 2.45) is 0 Å². The molecule has 80 valence electrons. The molecule has 0 aliphatic heterocycles. The summed E-state index contributed by atoms with van der Waals surface area (Å²) in [6, 6.07) is 10.0. The van der Waals surface area contributed by atoms with E-state index >= 15 is 0 Å². The number of halogens is 1. The molecule has 0 bridgehead atoms. The second-order valence-corrected chi connectivity index (χ2v) is 4.41. The summed E-state index contributed by atoms with van der Waals surface area (Å²) in [7, 11) is 0. The molecule has 0 N–H and O–H groups in total. The molecule has 0 amide bonds. The lowest BCUT2D eigenvalue weighted by Gasteiger charge is -2.00. The van der Waals surface area contributed by atoms with Crippen LogP contribution in [0.15, 0.2) is 34.9 Å². The molecule has 16 heavy (non-hydrogen) atoms. The first-order valence-corrected chi connectivity index (χ1v) is 5.68. The minimum atomic E-state index is 0.405. The fraction of sp³-hybridized carbons (Fsp3) is 0.167. The van der Waals surface area contributed by atoms with Gasteiger partial charge in [0.25, 0.3) is 0 Å². The molecule has 0 saturated carbocycles. The van der Waals surface area contributed by atoms with Crippen LogP contribution in [0, 0.1) is 18.3 Å². The van der Waals surface area contributed by atoms with E-state index in [0.717, 1.165) is 21.4 Å². The predicted octanol–water partition coefficient (Wildman–Crippen LogP) is 3.01. The van der Waals surface area contributed by atoms with E-state index in [1.165, 1.54) is 0 Å². The van der Waals surface area contributed by atoms with Crippen molar-refractivity contribution in [2.45, 2.75) is 13.3 Å². The molecular formula is C12H10BrN3. The molecule has 0 radical (unpaired) electrons. The van der Waals surface area contributed by atoms with Crippen LogP contribution in [-0.4, -0.2) is 9.78 Å². The van der Waals surface area contributed by atoms with Gasteiger partial charge in [0.05, 0.1) is 23.9 Å². The van der Waals surface area contributed by atoms with Crippen molar-refractivity contribution in [2.75, 3.05) is 0 Å². The molecule has 0 unspecified atom stereocenters. The zero-order valence-corrected chi connectivity index (χ0v) is 10.4. The van der Waals surface area contributed by atoms with E-state index in [1.807, 2.05) is 37.4 Å². The number of aryl methyl sites for hydroxylation is 1. The minimum absolute atomic E-state index is 0.405. The number of nitrogens with zero attached hydrogens (tertiary/aromatic N) is 3.